The maximum atomic E-state index is 2.35. The first-order chi connectivity index (χ1) is 6.43. The van der Waals surface area contributed by atoms with E-state index in [9.17, 15) is 0 Å². The van der Waals surface area contributed by atoms with Crippen LogP contribution in [-0.4, -0.2) is 0 Å². The summed E-state index contributed by atoms with van der Waals surface area (Å²) in [5.74, 6) is 1.91. The van der Waals surface area contributed by atoms with E-state index in [0.717, 1.165) is 11.8 Å². The Balaban J connectivity index is 2.06. The molecule has 0 heterocycles. The summed E-state index contributed by atoms with van der Waals surface area (Å²) in [6.07, 6.45) is 7.20. The van der Waals surface area contributed by atoms with Crippen molar-refractivity contribution in [3.63, 3.8) is 0 Å². The molecule has 1 aromatic carbocycles. The third-order valence-corrected chi connectivity index (χ3v) is 3.79. The summed E-state index contributed by atoms with van der Waals surface area (Å²) >= 11 is 0. The number of benzene rings is 1. The van der Waals surface area contributed by atoms with Gasteiger partial charge in [0.05, 0.1) is 0 Å². The van der Waals surface area contributed by atoms with Gasteiger partial charge in [-0.2, -0.15) is 0 Å². The van der Waals surface area contributed by atoms with E-state index in [-0.39, 0.29) is 0 Å². The summed E-state index contributed by atoms with van der Waals surface area (Å²) in [5, 5.41) is 0. The van der Waals surface area contributed by atoms with Crippen molar-refractivity contribution in [2.75, 3.05) is 0 Å². The predicted octanol–water partition coefficient (Wildman–Crippen LogP) is 3.52. The van der Waals surface area contributed by atoms with Gasteiger partial charge in [0, 0.05) is 0 Å². The molecule has 0 radical (unpaired) electrons. The lowest BCUT2D eigenvalue weighted by Crippen LogP contribution is -2.22. The molecular formula is C13H16. The summed E-state index contributed by atoms with van der Waals surface area (Å²) in [4.78, 5) is 0. The van der Waals surface area contributed by atoms with Crippen molar-refractivity contribution in [2.24, 2.45) is 5.92 Å². The van der Waals surface area contributed by atoms with Gasteiger partial charge in [0.2, 0.25) is 0 Å². The molecule has 2 aliphatic rings. The summed E-state index contributed by atoms with van der Waals surface area (Å²) in [5.41, 5.74) is 3.31. The highest BCUT2D eigenvalue weighted by Gasteiger charge is 2.29. The molecule has 2 bridgehead atoms. The Kier molecular flexibility index (Phi) is 1.68. The van der Waals surface area contributed by atoms with E-state index in [0.29, 0.717) is 0 Å². The standard InChI is InChI=1S/C13H16/c1-2-7-13-11(5-1)8-10-4-3-6-12(13)9-10/h1-2,5,7,10,12H,3-4,6,8-9H2/t10-,12+/m1/s1. The van der Waals surface area contributed by atoms with E-state index in [4.69, 9.17) is 0 Å². The zero-order valence-electron chi connectivity index (χ0n) is 8.00. The van der Waals surface area contributed by atoms with Crippen LogP contribution in [0.3, 0.4) is 0 Å². The van der Waals surface area contributed by atoms with Crippen LogP contribution in [0.4, 0.5) is 0 Å². The smallest absolute Gasteiger partial charge is 0.0156 e. The second-order valence-electron chi connectivity index (χ2n) is 4.63. The van der Waals surface area contributed by atoms with E-state index < -0.39 is 0 Å². The number of hydrogen-bond acceptors (Lipinski definition) is 0. The molecule has 2 atom stereocenters. The van der Waals surface area contributed by atoms with E-state index in [1.54, 1.807) is 11.1 Å². The zero-order chi connectivity index (χ0) is 8.67. The van der Waals surface area contributed by atoms with Crippen molar-refractivity contribution in [3.05, 3.63) is 35.4 Å². The van der Waals surface area contributed by atoms with Crippen molar-refractivity contribution < 1.29 is 0 Å². The van der Waals surface area contributed by atoms with Crippen LogP contribution in [0.25, 0.3) is 0 Å². The highest BCUT2D eigenvalue weighted by atomic mass is 14.3. The van der Waals surface area contributed by atoms with Crippen LogP contribution in [0.15, 0.2) is 24.3 Å². The SMILES string of the molecule is c1ccc2c(c1)C[C@H]1CCC[C@H]2C1. The molecule has 0 saturated heterocycles. The van der Waals surface area contributed by atoms with Gasteiger partial charge in [0.25, 0.3) is 0 Å². The summed E-state index contributed by atoms with van der Waals surface area (Å²) < 4.78 is 0. The van der Waals surface area contributed by atoms with Crippen LogP contribution in [-0.2, 0) is 6.42 Å². The van der Waals surface area contributed by atoms with Gasteiger partial charge in [-0.1, -0.05) is 37.1 Å². The maximum absolute atomic E-state index is 2.35. The number of fused-ring (bicyclic) bond motifs is 4. The first-order valence-corrected chi connectivity index (χ1v) is 5.51. The average molecular weight is 172 g/mol. The minimum Gasteiger partial charge on any atom is -0.0620 e. The van der Waals surface area contributed by atoms with E-state index >= 15 is 0 Å². The normalized spacial score (nSPS) is 31.1. The Bertz CT molecular complexity index is 314. The molecule has 1 fully saturated rings. The molecule has 0 aliphatic heterocycles. The van der Waals surface area contributed by atoms with Crippen LogP contribution in [0, 0.1) is 5.92 Å². The molecule has 0 aromatic heterocycles. The molecule has 1 saturated carbocycles. The zero-order valence-corrected chi connectivity index (χ0v) is 8.00. The first-order valence-electron chi connectivity index (χ1n) is 5.51. The monoisotopic (exact) mass is 172 g/mol. The van der Waals surface area contributed by atoms with Crippen molar-refractivity contribution in [1.29, 1.82) is 0 Å². The van der Waals surface area contributed by atoms with Crippen LogP contribution >= 0.6 is 0 Å². The number of hydrogen-bond donors (Lipinski definition) is 0. The summed E-state index contributed by atoms with van der Waals surface area (Å²) in [6, 6.07) is 9.08. The fourth-order valence-corrected chi connectivity index (χ4v) is 3.19. The predicted molar refractivity (Wildman–Crippen MR) is 54.8 cm³/mol. The highest BCUT2D eigenvalue weighted by Crippen LogP contribution is 2.43. The molecule has 13 heavy (non-hydrogen) atoms. The lowest BCUT2D eigenvalue weighted by Gasteiger charge is -2.36. The van der Waals surface area contributed by atoms with Gasteiger partial charge in [0.1, 0.15) is 0 Å². The molecule has 3 rings (SSSR count). The molecule has 0 unspecified atom stereocenters. The Morgan fingerprint density at radius 2 is 2.00 bits per heavy atom. The van der Waals surface area contributed by atoms with Gasteiger partial charge < -0.3 is 0 Å². The van der Waals surface area contributed by atoms with Crippen molar-refractivity contribution in [2.45, 2.75) is 38.0 Å². The molecule has 68 valence electrons. The number of rotatable bonds is 0. The quantitative estimate of drug-likeness (QED) is 0.561. The first kappa shape index (κ1) is 7.61. The average Bonchev–Trinajstić information content (AvgIpc) is 2.18. The molecule has 2 aliphatic carbocycles. The molecule has 0 N–H and O–H groups in total. The van der Waals surface area contributed by atoms with E-state index in [1.807, 2.05) is 0 Å². The Morgan fingerprint density at radius 3 is 3.00 bits per heavy atom. The fraction of sp³-hybridized carbons (Fsp3) is 0.538. The molecule has 1 aromatic rings. The van der Waals surface area contributed by atoms with E-state index in [1.165, 1.54) is 32.1 Å². The second-order valence-corrected chi connectivity index (χ2v) is 4.63. The summed E-state index contributed by atoms with van der Waals surface area (Å²) in [6.45, 7) is 0. The highest BCUT2D eigenvalue weighted by molar-refractivity contribution is 5.33. The maximum Gasteiger partial charge on any atom is -0.0156 e. The van der Waals surface area contributed by atoms with Gasteiger partial charge >= 0.3 is 0 Å². The van der Waals surface area contributed by atoms with Gasteiger partial charge in [-0.25, -0.2) is 0 Å². The van der Waals surface area contributed by atoms with Crippen LogP contribution < -0.4 is 0 Å². The van der Waals surface area contributed by atoms with E-state index in [2.05, 4.69) is 24.3 Å². The Labute approximate surface area is 80.0 Å². The lowest BCUT2D eigenvalue weighted by atomic mass is 9.69. The van der Waals surface area contributed by atoms with Crippen molar-refractivity contribution in [3.8, 4) is 0 Å². The van der Waals surface area contributed by atoms with Gasteiger partial charge in [-0.3, -0.25) is 0 Å². The van der Waals surface area contributed by atoms with Gasteiger partial charge in [-0.15, -0.1) is 0 Å². The second kappa shape index (κ2) is 2.87. The molecule has 0 amide bonds. The summed E-state index contributed by atoms with van der Waals surface area (Å²) in [7, 11) is 0. The van der Waals surface area contributed by atoms with Crippen LogP contribution in [0.5, 0.6) is 0 Å². The van der Waals surface area contributed by atoms with Crippen LogP contribution in [0.1, 0.15) is 42.7 Å². The molecule has 0 heteroatoms. The Hall–Kier alpha value is -0.780. The minimum atomic E-state index is 0.906. The molecule has 0 spiro atoms. The molecular weight excluding hydrogens is 156 g/mol. The lowest BCUT2D eigenvalue weighted by molar-refractivity contribution is 0.299. The third kappa shape index (κ3) is 1.20. The largest absolute Gasteiger partial charge is 0.0620 e. The van der Waals surface area contributed by atoms with Crippen molar-refractivity contribution in [1.82, 2.24) is 0 Å². The minimum absolute atomic E-state index is 0.906. The molecule has 0 nitrogen and oxygen atoms in total. The van der Waals surface area contributed by atoms with Crippen molar-refractivity contribution >= 4 is 0 Å². The van der Waals surface area contributed by atoms with Gasteiger partial charge in [-0.05, 0) is 42.2 Å². The topological polar surface area (TPSA) is 0 Å². The van der Waals surface area contributed by atoms with Crippen LogP contribution in [0.2, 0.25) is 0 Å². The fourth-order valence-electron chi connectivity index (χ4n) is 3.19. The Morgan fingerprint density at radius 1 is 1.08 bits per heavy atom. The third-order valence-electron chi connectivity index (χ3n) is 3.79. The van der Waals surface area contributed by atoms with Gasteiger partial charge in [0.15, 0.2) is 0 Å².